The van der Waals surface area contributed by atoms with Crippen LogP contribution in [-0.4, -0.2) is 16.2 Å². The molecule has 1 heterocycles. The maximum atomic E-state index is 12.9. The van der Waals surface area contributed by atoms with E-state index in [1.54, 1.807) is 12.1 Å². The van der Waals surface area contributed by atoms with Gasteiger partial charge in [0.05, 0.1) is 5.75 Å². The van der Waals surface area contributed by atoms with Crippen molar-refractivity contribution in [2.24, 2.45) is 0 Å². The van der Waals surface area contributed by atoms with Crippen LogP contribution in [0.3, 0.4) is 0 Å². The van der Waals surface area contributed by atoms with Gasteiger partial charge in [0.1, 0.15) is 11.6 Å². The number of thioether (sulfide) groups is 1. The van der Waals surface area contributed by atoms with Crippen LogP contribution in [0.1, 0.15) is 16.2 Å². The molecule has 0 unspecified atom stereocenters. The van der Waals surface area contributed by atoms with E-state index in [2.05, 4.69) is 5.16 Å². The highest BCUT2D eigenvalue weighted by Gasteiger charge is 2.10. The average molecular weight is 253 g/mol. The minimum Gasteiger partial charge on any atom is -0.476 e. The lowest BCUT2D eigenvalue weighted by molar-refractivity contribution is 0.0685. The monoisotopic (exact) mass is 253 g/mol. The molecule has 2 rings (SSSR count). The van der Waals surface area contributed by atoms with Crippen molar-refractivity contribution in [2.45, 2.75) is 10.6 Å². The van der Waals surface area contributed by atoms with Crippen LogP contribution in [0.15, 0.2) is 39.8 Å². The number of carboxylic acids is 1. The molecule has 0 aliphatic heterocycles. The fraction of sp³-hybridized carbons (Fsp3) is 0.0909. The number of rotatable bonds is 4. The topological polar surface area (TPSA) is 63.3 Å². The van der Waals surface area contributed by atoms with E-state index in [1.807, 2.05) is 0 Å². The van der Waals surface area contributed by atoms with Crippen molar-refractivity contribution < 1.29 is 18.8 Å². The number of hydrogen-bond donors (Lipinski definition) is 1. The summed E-state index contributed by atoms with van der Waals surface area (Å²) >= 11 is 1.35. The van der Waals surface area contributed by atoms with Crippen LogP contribution in [0, 0.1) is 5.82 Å². The molecule has 1 aromatic heterocycles. The fourth-order valence-electron chi connectivity index (χ4n) is 1.19. The molecule has 1 aromatic carbocycles. The van der Waals surface area contributed by atoms with Gasteiger partial charge in [-0.05, 0) is 18.2 Å². The van der Waals surface area contributed by atoms with Gasteiger partial charge < -0.3 is 9.63 Å². The van der Waals surface area contributed by atoms with E-state index in [9.17, 15) is 9.18 Å². The third-order valence-corrected chi connectivity index (χ3v) is 2.97. The smallest absolute Gasteiger partial charge is 0.358 e. The van der Waals surface area contributed by atoms with Crippen molar-refractivity contribution in [3.8, 4) is 0 Å². The predicted octanol–water partition coefficient (Wildman–Crippen LogP) is 2.80. The van der Waals surface area contributed by atoms with Crippen molar-refractivity contribution in [1.29, 1.82) is 0 Å². The van der Waals surface area contributed by atoms with Gasteiger partial charge in [-0.1, -0.05) is 11.2 Å². The first kappa shape index (κ1) is 11.7. The highest BCUT2D eigenvalue weighted by Crippen LogP contribution is 2.23. The standard InChI is InChI=1S/C11H8FNO3S/c12-7-2-1-3-9(4-7)17-6-8-5-10(11(14)15)13-16-8/h1-5H,6H2,(H,14,15). The molecule has 1 N–H and O–H groups in total. The second-order valence-corrected chi connectivity index (χ2v) is 4.28. The van der Waals surface area contributed by atoms with Crippen LogP contribution in [-0.2, 0) is 5.75 Å². The summed E-state index contributed by atoms with van der Waals surface area (Å²) in [6.07, 6.45) is 0. The van der Waals surface area contributed by atoms with Gasteiger partial charge in [0.25, 0.3) is 0 Å². The fourth-order valence-corrected chi connectivity index (χ4v) is 2.01. The van der Waals surface area contributed by atoms with Crippen LogP contribution in [0.2, 0.25) is 0 Å². The number of halogens is 1. The number of carboxylic acid groups (broad SMARTS) is 1. The molecule has 0 fully saturated rings. The van der Waals surface area contributed by atoms with Crippen molar-refractivity contribution in [2.75, 3.05) is 0 Å². The summed E-state index contributed by atoms with van der Waals surface area (Å²) in [5.41, 5.74) is -0.125. The molecule has 0 radical (unpaired) electrons. The second kappa shape index (κ2) is 5.01. The summed E-state index contributed by atoms with van der Waals surface area (Å²) in [7, 11) is 0. The summed E-state index contributed by atoms with van der Waals surface area (Å²) in [4.78, 5) is 11.3. The normalized spacial score (nSPS) is 10.4. The number of aromatic nitrogens is 1. The highest BCUT2D eigenvalue weighted by molar-refractivity contribution is 7.98. The molecule has 6 heteroatoms. The van der Waals surface area contributed by atoms with Gasteiger partial charge in [-0.15, -0.1) is 11.8 Å². The number of hydrogen-bond acceptors (Lipinski definition) is 4. The zero-order chi connectivity index (χ0) is 12.3. The summed E-state index contributed by atoms with van der Waals surface area (Å²) in [5.74, 6) is -0.588. The number of aromatic carboxylic acids is 1. The van der Waals surface area contributed by atoms with E-state index in [4.69, 9.17) is 9.63 Å². The minimum absolute atomic E-state index is 0.125. The molecule has 17 heavy (non-hydrogen) atoms. The Kier molecular flexibility index (Phi) is 3.43. The Bertz CT molecular complexity index is 541. The van der Waals surface area contributed by atoms with E-state index in [0.717, 1.165) is 4.90 Å². The Morgan fingerprint density at radius 3 is 2.94 bits per heavy atom. The third kappa shape index (κ3) is 3.07. The van der Waals surface area contributed by atoms with E-state index >= 15 is 0 Å². The van der Waals surface area contributed by atoms with Crippen LogP contribution in [0.25, 0.3) is 0 Å². The number of benzene rings is 1. The first-order valence-electron chi connectivity index (χ1n) is 4.72. The van der Waals surface area contributed by atoms with Crippen LogP contribution >= 0.6 is 11.8 Å². The molecule has 0 saturated carbocycles. The SMILES string of the molecule is O=C(O)c1cc(CSc2cccc(F)c2)on1. The van der Waals surface area contributed by atoms with Gasteiger partial charge in [0.15, 0.2) is 5.69 Å². The minimum atomic E-state index is -1.13. The molecular weight excluding hydrogens is 245 g/mol. The Hall–Kier alpha value is -1.82. The first-order valence-corrected chi connectivity index (χ1v) is 5.71. The molecule has 0 aliphatic rings. The molecule has 0 aliphatic carbocycles. The summed E-state index contributed by atoms with van der Waals surface area (Å²) < 4.78 is 17.7. The van der Waals surface area contributed by atoms with Gasteiger partial charge in [-0.25, -0.2) is 9.18 Å². The zero-order valence-electron chi connectivity index (χ0n) is 8.59. The lowest BCUT2D eigenvalue weighted by Crippen LogP contribution is -1.94. The predicted molar refractivity (Wildman–Crippen MR) is 59.4 cm³/mol. The summed E-state index contributed by atoms with van der Waals surface area (Å²) in [6, 6.07) is 7.50. The maximum absolute atomic E-state index is 12.9. The lowest BCUT2D eigenvalue weighted by atomic mass is 10.3. The number of carbonyl (C=O) groups is 1. The quantitative estimate of drug-likeness (QED) is 0.849. The van der Waals surface area contributed by atoms with E-state index in [1.165, 1.54) is 30.0 Å². The molecule has 4 nitrogen and oxygen atoms in total. The third-order valence-electron chi connectivity index (χ3n) is 1.96. The van der Waals surface area contributed by atoms with Crippen LogP contribution < -0.4 is 0 Å². The molecule has 2 aromatic rings. The first-order chi connectivity index (χ1) is 8.15. The maximum Gasteiger partial charge on any atom is 0.358 e. The van der Waals surface area contributed by atoms with Gasteiger partial charge in [0, 0.05) is 11.0 Å². The van der Waals surface area contributed by atoms with Gasteiger partial charge in [0.2, 0.25) is 0 Å². The zero-order valence-corrected chi connectivity index (χ0v) is 9.41. The Morgan fingerprint density at radius 1 is 1.47 bits per heavy atom. The molecule has 0 amide bonds. The van der Waals surface area contributed by atoms with Gasteiger partial charge >= 0.3 is 5.97 Å². The number of nitrogens with zero attached hydrogens (tertiary/aromatic N) is 1. The Labute approximate surface area is 100 Å². The van der Waals surface area contributed by atoms with E-state index in [-0.39, 0.29) is 11.5 Å². The largest absolute Gasteiger partial charge is 0.476 e. The Morgan fingerprint density at radius 2 is 2.29 bits per heavy atom. The van der Waals surface area contributed by atoms with Gasteiger partial charge in [-0.3, -0.25) is 0 Å². The molecular formula is C11H8FNO3S. The summed E-state index contributed by atoms with van der Waals surface area (Å²) in [6.45, 7) is 0. The summed E-state index contributed by atoms with van der Waals surface area (Å²) in [5, 5.41) is 12.0. The van der Waals surface area contributed by atoms with Crippen molar-refractivity contribution in [1.82, 2.24) is 5.16 Å². The molecule has 0 spiro atoms. The molecule has 0 bridgehead atoms. The van der Waals surface area contributed by atoms with Crippen molar-refractivity contribution in [3.05, 3.63) is 47.6 Å². The van der Waals surface area contributed by atoms with Crippen molar-refractivity contribution >= 4 is 17.7 Å². The Balaban J connectivity index is 2.00. The molecule has 88 valence electrons. The van der Waals surface area contributed by atoms with Crippen molar-refractivity contribution in [3.63, 3.8) is 0 Å². The average Bonchev–Trinajstić information content (AvgIpc) is 2.75. The molecule has 0 atom stereocenters. The van der Waals surface area contributed by atoms with Crippen LogP contribution in [0.5, 0.6) is 0 Å². The van der Waals surface area contributed by atoms with E-state index in [0.29, 0.717) is 11.5 Å². The van der Waals surface area contributed by atoms with Crippen LogP contribution in [0.4, 0.5) is 4.39 Å². The molecule has 0 saturated heterocycles. The van der Waals surface area contributed by atoms with Gasteiger partial charge in [-0.2, -0.15) is 0 Å². The highest BCUT2D eigenvalue weighted by atomic mass is 32.2. The van der Waals surface area contributed by atoms with E-state index < -0.39 is 5.97 Å². The second-order valence-electron chi connectivity index (χ2n) is 3.23. The lowest BCUT2D eigenvalue weighted by Gasteiger charge is -1.98.